The summed E-state index contributed by atoms with van der Waals surface area (Å²) in [5.74, 6) is 1.08. The van der Waals surface area contributed by atoms with E-state index in [1.807, 2.05) is 34.9 Å². The second-order valence-electron chi connectivity index (χ2n) is 7.59. The van der Waals surface area contributed by atoms with Crippen LogP contribution in [0, 0.1) is 0 Å². The van der Waals surface area contributed by atoms with Crippen molar-refractivity contribution in [1.82, 2.24) is 19.4 Å². The van der Waals surface area contributed by atoms with Gasteiger partial charge in [-0.15, -0.1) is 0 Å². The van der Waals surface area contributed by atoms with Gasteiger partial charge in [-0.25, -0.2) is 4.98 Å². The van der Waals surface area contributed by atoms with Gasteiger partial charge in [-0.3, -0.25) is 9.59 Å². The van der Waals surface area contributed by atoms with Crippen molar-refractivity contribution in [2.24, 2.45) is 0 Å². The molecule has 2 aromatic rings. The van der Waals surface area contributed by atoms with Crippen LogP contribution in [0.3, 0.4) is 0 Å². The lowest BCUT2D eigenvalue weighted by Crippen LogP contribution is -2.50. The fourth-order valence-electron chi connectivity index (χ4n) is 4.23. The summed E-state index contributed by atoms with van der Waals surface area (Å²) >= 11 is 0. The van der Waals surface area contributed by atoms with Gasteiger partial charge in [0.1, 0.15) is 11.5 Å². The first-order chi connectivity index (χ1) is 13.7. The van der Waals surface area contributed by atoms with Crippen molar-refractivity contribution >= 4 is 11.8 Å². The third-order valence-electron chi connectivity index (χ3n) is 5.82. The maximum Gasteiger partial charge on any atom is 0.274 e. The molecule has 0 bridgehead atoms. The molecule has 0 saturated carbocycles. The number of rotatable bonds is 3. The lowest BCUT2D eigenvalue weighted by molar-refractivity contribution is -0.132. The van der Waals surface area contributed by atoms with Crippen molar-refractivity contribution < 1.29 is 9.59 Å². The molecule has 6 heteroatoms. The molecule has 1 aromatic heterocycles. The highest BCUT2D eigenvalue weighted by molar-refractivity contribution is 5.94. The molecule has 0 unspecified atom stereocenters. The molecule has 3 heterocycles. The summed E-state index contributed by atoms with van der Waals surface area (Å²) in [7, 11) is 0. The number of hydrogen-bond donors (Lipinski definition) is 0. The van der Waals surface area contributed by atoms with E-state index in [4.69, 9.17) is 4.98 Å². The maximum absolute atomic E-state index is 13.3. The summed E-state index contributed by atoms with van der Waals surface area (Å²) in [6.07, 6.45) is 4.81. The van der Waals surface area contributed by atoms with Crippen molar-refractivity contribution in [1.29, 1.82) is 0 Å². The molecular formula is C22H28N4O2. The number of nitrogens with zero attached hydrogens (tertiary/aromatic N) is 4. The number of carbonyl (C=O) groups is 2. The van der Waals surface area contributed by atoms with E-state index in [2.05, 4.69) is 16.7 Å². The molecule has 1 fully saturated rings. The minimum atomic E-state index is 0.0106. The van der Waals surface area contributed by atoms with Gasteiger partial charge in [-0.1, -0.05) is 43.7 Å². The lowest BCUT2D eigenvalue weighted by atomic mass is 10.1. The van der Waals surface area contributed by atoms with Crippen molar-refractivity contribution in [3.05, 3.63) is 41.7 Å². The molecule has 6 nitrogen and oxygen atoms in total. The van der Waals surface area contributed by atoms with E-state index in [1.165, 1.54) is 6.42 Å². The molecule has 148 valence electrons. The number of aromatic nitrogens is 2. The van der Waals surface area contributed by atoms with Crippen molar-refractivity contribution in [3.8, 4) is 11.4 Å². The number of carbonyl (C=O) groups excluding carboxylic acids is 2. The third kappa shape index (κ3) is 3.55. The van der Waals surface area contributed by atoms with E-state index < -0.39 is 0 Å². The first-order valence-electron chi connectivity index (χ1n) is 10.4. The Hall–Kier alpha value is -2.63. The van der Waals surface area contributed by atoms with Gasteiger partial charge < -0.3 is 14.4 Å². The molecule has 0 atom stereocenters. The summed E-state index contributed by atoms with van der Waals surface area (Å²) in [5, 5.41) is 0. The predicted molar refractivity (Wildman–Crippen MR) is 108 cm³/mol. The second-order valence-corrected chi connectivity index (χ2v) is 7.59. The fourth-order valence-corrected chi connectivity index (χ4v) is 4.23. The van der Waals surface area contributed by atoms with Gasteiger partial charge in [0.2, 0.25) is 5.91 Å². The van der Waals surface area contributed by atoms with E-state index in [0.717, 1.165) is 42.9 Å². The first kappa shape index (κ1) is 18.7. The Morgan fingerprint density at radius 3 is 2.36 bits per heavy atom. The Bertz CT molecular complexity index is 851. The van der Waals surface area contributed by atoms with E-state index in [1.54, 1.807) is 0 Å². The molecule has 0 spiro atoms. The van der Waals surface area contributed by atoms with Crippen molar-refractivity contribution in [3.63, 3.8) is 0 Å². The Labute approximate surface area is 166 Å². The number of imidazole rings is 1. The van der Waals surface area contributed by atoms with Gasteiger partial charge in [0, 0.05) is 44.7 Å². The molecule has 1 saturated heterocycles. The molecule has 0 N–H and O–H groups in total. The normalized spacial score (nSPS) is 17.2. The Balaban J connectivity index is 1.62. The van der Waals surface area contributed by atoms with Crippen LogP contribution in [-0.2, 0) is 17.8 Å². The summed E-state index contributed by atoms with van der Waals surface area (Å²) < 4.78 is 2.26. The van der Waals surface area contributed by atoms with Crippen LogP contribution >= 0.6 is 0 Å². The van der Waals surface area contributed by atoms with Gasteiger partial charge in [0.05, 0.1) is 5.69 Å². The number of hydrogen-bond acceptors (Lipinski definition) is 3. The minimum Gasteiger partial charge on any atom is -0.339 e. The highest BCUT2D eigenvalue weighted by atomic mass is 16.2. The zero-order valence-corrected chi connectivity index (χ0v) is 16.6. The van der Waals surface area contributed by atoms with E-state index in [0.29, 0.717) is 38.3 Å². The van der Waals surface area contributed by atoms with Gasteiger partial charge in [0.15, 0.2) is 0 Å². The zero-order chi connectivity index (χ0) is 19.5. The van der Waals surface area contributed by atoms with Gasteiger partial charge in [-0.05, 0) is 19.3 Å². The van der Waals surface area contributed by atoms with Gasteiger partial charge in [0.25, 0.3) is 5.91 Å². The SMILES string of the molecule is CCC(=O)N1CCN(C(=O)c2nc(-c3ccccc3)n3c2CCCCC3)CC1. The smallest absolute Gasteiger partial charge is 0.274 e. The maximum atomic E-state index is 13.3. The summed E-state index contributed by atoms with van der Waals surface area (Å²) in [5.41, 5.74) is 2.74. The summed E-state index contributed by atoms with van der Waals surface area (Å²) in [6.45, 7) is 5.18. The molecule has 2 aliphatic rings. The van der Waals surface area contributed by atoms with Crippen LogP contribution in [-0.4, -0.2) is 57.3 Å². The van der Waals surface area contributed by atoms with Crippen LogP contribution in [0.25, 0.3) is 11.4 Å². The van der Waals surface area contributed by atoms with Crippen LogP contribution in [0.2, 0.25) is 0 Å². The number of piperazine rings is 1. The number of amides is 2. The van der Waals surface area contributed by atoms with E-state index in [-0.39, 0.29) is 11.8 Å². The topological polar surface area (TPSA) is 58.4 Å². The van der Waals surface area contributed by atoms with Crippen LogP contribution in [0.1, 0.15) is 48.8 Å². The molecular weight excluding hydrogens is 352 g/mol. The summed E-state index contributed by atoms with van der Waals surface area (Å²) in [4.78, 5) is 33.8. The number of fused-ring (bicyclic) bond motifs is 1. The van der Waals surface area contributed by atoms with E-state index >= 15 is 0 Å². The molecule has 2 aliphatic heterocycles. The second kappa shape index (κ2) is 8.17. The molecule has 2 amide bonds. The van der Waals surface area contributed by atoms with Crippen LogP contribution in [0.15, 0.2) is 30.3 Å². The van der Waals surface area contributed by atoms with Crippen molar-refractivity contribution in [2.75, 3.05) is 26.2 Å². The number of benzene rings is 1. The van der Waals surface area contributed by atoms with Gasteiger partial charge in [-0.2, -0.15) is 0 Å². The van der Waals surface area contributed by atoms with Crippen molar-refractivity contribution in [2.45, 2.75) is 45.6 Å². The minimum absolute atomic E-state index is 0.0106. The lowest BCUT2D eigenvalue weighted by Gasteiger charge is -2.34. The van der Waals surface area contributed by atoms with Crippen LogP contribution < -0.4 is 0 Å². The fraction of sp³-hybridized carbons (Fsp3) is 0.500. The molecule has 0 radical (unpaired) electrons. The largest absolute Gasteiger partial charge is 0.339 e. The average molecular weight is 380 g/mol. The van der Waals surface area contributed by atoms with E-state index in [9.17, 15) is 9.59 Å². The highest BCUT2D eigenvalue weighted by Crippen LogP contribution is 2.28. The standard InChI is InChI=1S/C22H28N4O2/c1-2-19(27)24-13-15-25(16-14-24)22(28)20-18-11-7-4-8-12-26(18)21(23-20)17-9-5-3-6-10-17/h3,5-6,9-10H,2,4,7-8,11-16H2,1H3. The van der Waals surface area contributed by atoms with Crippen LogP contribution in [0.5, 0.6) is 0 Å². The summed E-state index contributed by atoms with van der Waals surface area (Å²) in [6, 6.07) is 10.1. The zero-order valence-electron chi connectivity index (χ0n) is 16.6. The molecule has 28 heavy (non-hydrogen) atoms. The molecule has 4 rings (SSSR count). The Morgan fingerprint density at radius 2 is 1.64 bits per heavy atom. The predicted octanol–water partition coefficient (Wildman–Crippen LogP) is 2.97. The highest BCUT2D eigenvalue weighted by Gasteiger charge is 2.30. The quantitative estimate of drug-likeness (QED) is 0.823. The Morgan fingerprint density at radius 1 is 0.929 bits per heavy atom. The molecule has 1 aromatic carbocycles. The average Bonchev–Trinajstić information content (AvgIpc) is 2.94. The monoisotopic (exact) mass is 380 g/mol. The Kier molecular flexibility index (Phi) is 5.46. The van der Waals surface area contributed by atoms with Crippen LogP contribution in [0.4, 0.5) is 0 Å². The molecule has 0 aliphatic carbocycles. The third-order valence-corrected chi connectivity index (χ3v) is 5.82. The van der Waals surface area contributed by atoms with Gasteiger partial charge >= 0.3 is 0 Å². The first-order valence-corrected chi connectivity index (χ1v) is 10.4.